The Bertz CT molecular complexity index is 631. The van der Waals surface area contributed by atoms with Crippen molar-refractivity contribution < 1.29 is 17.9 Å². The zero-order valence-electron chi connectivity index (χ0n) is 12.2. The van der Waals surface area contributed by atoms with Crippen LogP contribution in [0.2, 0.25) is 0 Å². The van der Waals surface area contributed by atoms with Crippen LogP contribution < -0.4 is 10.6 Å². The van der Waals surface area contributed by atoms with E-state index in [1.54, 1.807) is 6.92 Å². The zero-order chi connectivity index (χ0) is 15.6. The van der Waals surface area contributed by atoms with Crippen LogP contribution in [0.4, 0.5) is 10.7 Å². The van der Waals surface area contributed by atoms with Gasteiger partial charge in [-0.2, -0.15) is 0 Å². The van der Waals surface area contributed by atoms with Crippen molar-refractivity contribution in [2.24, 2.45) is 0 Å². The number of hydrogen-bond donors (Lipinski definition) is 1. The van der Waals surface area contributed by atoms with Crippen molar-refractivity contribution in [3.63, 3.8) is 0 Å². The van der Waals surface area contributed by atoms with Crippen molar-refractivity contribution in [2.45, 2.75) is 31.1 Å². The Labute approximate surface area is 128 Å². The van der Waals surface area contributed by atoms with Crippen LogP contribution in [0.3, 0.4) is 0 Å². The Balaban J connectivity index is 2.59. The lowest BCUT2D eigenvalue weighted by atomic mass is 10.1. The molecule has 21 heavy (non-hydrogen) atoms. The minimum Gasteiger partial charge on any atom is -0.465 e. The van der Waals surface area contributed by atoms with Gasteiger partial charge in [0.05, 0.1) is 18.6 Å². The average Bonchev–Trinajstić information content (AvgIpc) is 2.85. The molecule has 0 saturated carbocycles. The minimum absolute atomic E-state index is 0.0225. The quantitative estimate of drug-likeness (QED) is 0.847. The summed E-state index contributed by atoms with van der Waals surface area (Å²) in [4.78, 5) is 14.1. The van der Waals surface area contributed by atoms with Gasteiger partial charge in [-0.15, -0.1) is 11.3 Å². The molecule has 1 aliphatic heterocycles. The molecule has 8 heteroatoms. The maximum Gasteiger partial charge on any atom is 0.350 e. The predicted octanol–water partition coefficient (Wildman–Crippen LogP) is 1.90. The van der Waals surface area contributed by atoms with Gasteiger partial charge < -0.3 is 15.4 Å². The van der Waals surface area contributed by atoms with Crippen molar-refractivity contribution in [1.82, 2.24) is 0 Å². The molecule has 0 amide bonds. The average molecular weight is 332 g/mol. The summed E-state index contributed by atoms with van der Waals surface area (Å²) in [5.41, 5.74) is 5.98. The van der Waals surface area contributed by atoms with Gasteiger partial charge in [0.1, 0.15) is 14.8 Å². The fourth-order valence-corrected chi connectivity index (χ4v) is 5.19. The molecular formula is C13H20N2O4S2. The lowest BCUT2D eigenvalue weighted by molar-refractivity contribution is 0.0607. The number of nitrogen functional groups attached to an aromatic ring is 1. The number of methoxy groups -OCH3 is 1. The molecule has 1 saturated heterocycles. The molecule has 0 atom stereocenters. The molecule has 1 aliphatic rings. The van der Waals surface area contributed by atoms with E-state index in [0.717, 1.165) is 43.7 Å². The summed E-state index contributed by atoms with van der Waals surface area (Å²) >= 11 is 1.11. The Kier molecular flexibility index (Phi) is 4.77. The van der Waals surface area contributed by atoms with Gasteiger partial charge in [0.15, 0.2) is 9.84 Å². The second-order valence-corrected chi connectivity index (χ2v) is 8.14. The molecule has 6 nitrogen and oxygen atoms in total. The summed E-state index contributed by atoms with van der Waals surface area (Å²) in [7, 11) is -2.23. The van der Waals surface area contributed by atoms with E-state index in [9.17, 15) is 13.2 Å². The molecule has 0 aliphatic carbocycles. The normalized spacial score (nSPS) is 16.0. The molecule has 0 bridgehead atoms. The maximum atomic E-state index is 12.4. The number of carbonyl (C=O) groups excluding carboxylic acids is 1. The molecule has 2 heterocycles. The van der Waals surface area contributed by atoms with Gasteiger partial charge in [0.2, 0.25) is 0 Å². The molecule has 0 radical (unpaired) electrons. The number of anilines is 2. The third kappa shape index (κ3) is 3.01. The first-order valence-electron chi connectivity index (χ1n) is 6.90. The van der Waals surface area contributed by atoms with Crippen molar-refractivity contribution in [1.29, 1.82) is 0 Å². The molecule has 2 N–H and O–H groups in total. The molecule has 0 spiro atoms. The maximum absolute atomic E-state index is 12.4. The summed E-state index contributed by atoms with van der Waals surface area (Å²) in [5, 5.41) is 0.578. The van der Waals surface area contributed by atoms with Crippen LogP contribution in [0.1, 0.15) is 35.9 Å². The highest BCUT2D eigenvalue weighted by atomic mass is 32.2. The molecule has 118 valence electrons. The van der Waals surface area contributed by atoms with E-state index < -0.39 is 15.8 Å². The number of ether oxygens (including phenoxy) is 1. The second kappa shape index (κ2) is 6.23. The largest absolute Gasteiger partial charge is 0.465 e. The number of thiophene rings is 1. The lowest BCUT2D eigenvalue weighted by Crippen LogP contribution is -2.30. The number of nitrogens with two attached hydrogens (primary N) is 1. The minimum atomic E-state index is -3.49. The van der Waals surface area contributed by atoms with Crippen molar-refractivity contribution in [2.75, 3.05) is 36.6 Å². The standard InChI is InChI=1S/C13H20N2O4S2/c1-3-21(17,18)11-9(14)10(13(16)19-2)20-12(11)15-7-5-4-6-8-15/h3-8,14H2,1-2H3. The van der Waals surface area contributed by atoms with Crippen LogP contribution in [0.5, 0.6) is 0 Å². The van der Waals surface area contributed by atoms with E-state index in [1.807, 2.05) is 4.90 Å². The summed E-state index contributed by atoms with van der Waals surface area (Å²) < 4.78 is 29.4. The van der Waals surface area contributed by atoms with Gasteiger partial charge in [0.25, 0.3) is 0 Å². The summed E-state index contributed by atoms with van der Waals surface area (Å²) in [6, 6.07) is 0. The zero-order valence-corrected chi connectivity index (χ0v) is 13.8. The third-order valence-electron chi connectivity index (χ3n) is 3.59. The number of sulfone groups is 1. The fourth-order valence-electron chi connectivity index (χ4n) is 2.41. The lowest BCUT2D eigenvalue weighted by Gasteiger charge is -2.28. The van der Waals surface area contributed by atoms with E-state index in [2.05, 4.69) is 0 Å². The number of esters is 1. The van der Waals surface area contributed by atoms with Crippen molar-refractivity contribution >= 4 is 37.8 Å². The topological polar surface area (TPSA) is 89.7 Å². The highest BCUT2D eigenvalue weighted by Gasteiger charge is 2.32. The highest BCUT2D eigenvalue weighted by Crippen LogP contribution is 2.43. The number of rotatable bonds is 4. The summed E-state index contributed by atoms with van der Waals surface area (Å²) in [6.07, 6.45) is 3.16. The smallest absolute Gasteiger partial charge is 0.350 e. The van der Waals surface area contributed by atoms with Gasteiger partial charge in [0, 0.05) is 13.1 Å². The molecule has 0 aromatic carbocycles. The molecule has 1 aromatic heterocycles. The van der Waals surface area contributed by atoms with Crippen LogP contribution in [0, 0.1) is 0 Å². The summed E-state index contributed by atoms with van der Waals surface area (Å²) in [5.74, 6) is -0.636. The van der Waals surface area contributed by atoms with E-state index in [0.29, 0.717) is 5.00 Å². The van der Waals surface area contributed by atoms with Crippen LogP contribution in [0.15, 0.2) is 4.90 Å². The second-order valence-electron chi connectivity index (χ2n) is 4.92. The molecule has 0 unspecified atom stereocenters. The monoisotopic (exact) mass is 332 g/mol. The first-order valence-corrected chi connectivity index (χ1v) is 9.37. The first kappa shape index (κ1) is 16.1. The van der Waals surface area contributed by atoms with E-state index in [-0.39, 0.29) is 21.2 Å². The SMILES string of the molecule is CCS(=O)(=O)c1c(N2CCCCC2)sc(C(=O)OC)c1N. The molecule has 2 rings (SSSR count). The first-order chi connectivity index (χ1) is 9.92. The third-order valence-corrected chi connectivity index (χ3v) is 6.76. The Morgan fingerprint density at radius 2 is 1.95 bits per heavy atom. The van der Waals surface area contributed by atoms with E-state index >= 15 is 0 Å². The van der Waals surface area contributed by atoms with Gasteiger partial charge >= 0.3 is 5.97 Å². The molecular weight excluding hydrogens is 312 g/mol. The van der Waals surface area contributed by atoms with Crippen LogP contribution in [-0.4, -0.2) is 40.3 Å². The number of hydrogen-bond acceptors (Lipinski definition) is 7. The Morgan fingerprint density at radius 1 is 1.33 bits per heavy atom. The van der Waals surface area contributed by atoms with E-state index in [4.69, 9.17) is 10.5 Å². The Hall–Kier alpha value is -1.28. The molecule has 1 aromatic rings. The highest BCUT2D eigenvalue weighted by molar-refractivity contribution is 7.92. The van der Waals surface area contributed by atoms with Gasteiger partial charge in [-0.25, -0.2) is 13.2 Å². The number of carbonyl (C=O) groups is 1. The van der Waals surface area contributed by atoms with Crippen LogP contribution in [-0.2, 0) is 14.6 Å². The number of piperidine rings is 1. The van der Waals surface area contributed by atoms with E-state index in [1.165, 1.54) is 7.11 Å². The van der Waals surface area contributed by atoms with Gasteiger partial charge in [-0.05, 0) is 19.3 Å². The van der Waals surface area contributed by atoms with Gasteiger partial charge in [-0.3, -0.25) is 0 Å². The number of nitrogens with zero attached hydrogens (tertiary/aromatic N) is 1. The molecule has 1 fully saturated rings. The van der Waals surface area contributed by atoms with Crippen LogP contribution in [0.25, 0.3) is 0 Å². The van der Waals surface area contributed by atoms with Crippen molar-refractivity contribution in [3.05, 3.63) is 4.88 Å². The predicted molar refractivity (Wildman–Crippen MR) is 83.9 cm³/mol. The Morgan fingerprint density at radius 3 is 2.48 bits per heavy atom. The van der Waals surface area contributed by atoms with Gasteiger partial charge in [-0.1, -0.05) is 6.92 Å². The fraction of sp³-hybridized carbons (Fsp3) is 0.615. The summed E-state index contributed by atoms with van der Waals surface area (Å²) in [6.45, 7) is 3.14. The van der Waals surface area contributed by atoms with Crippen molar-refractivity contribution in [3.8, 4) is 0 Å². The van der Waals surface area contributed by atoms with Crippen LogP contribution >= 0.6 is 11.3 Å².